The van der Waals surface area contributed by atoms with Crippen LogP contribution in [0.3, 0.4) is 0 Å². The predicted molar refractivity (Wildman–Crippen MR) is 211 cm³/mol. The third-order valence-corrected chi connectivity index (χ3v) is 11.3. The van der Waals surface area contributed by atoms with Crippen molar-refractivity contribution in [2.24, 2.45) is 0 Å². The lowest BCUT2D eigenvalue weighted by Crippen LogP contribution is -2.00. The highest BCUT2D eigenvalue weighted by molar-refractivity contribution is 7.26. The molecular weight excluding hydrogens is 649 g/mol. The molecule has 0 bridgehead atoms. The van der Waals surface area contributed by atoms with Crippen molar-refractivity contribution in [3.63, 3.8) is 0 Å². The Morgan fingerprint density at radius 1 is 0.360 bits per heavy atom. The van der Waals surface area contributed by atoms with E-state index in [9.17, 15) is 0 Å². The minimum Gasteiger partial charge on any atom is -0.236 e. The van der Waals surface area contributed by atoms with Crippen molar-refractivity contribution in [1.29, 1.82) is 0 Å². The van der Waals surface area contributed by atoms with E-state index >= 15 is 0 Å². The molecule has 234 valence electrons. The Kier molecular flexibility index (Phi) is 6.82. The summed E-state index contributed by atoms with van der Waals surface area (Å²) in [5.74, 6) is 1.97. The summed E-state index contributed by atoms with van der Waals surface area (Å²) >= 11 is 3.59. The first kappa shape index (κ1) is 28.9. The molecule has 0 saturated heterocycles. The summed E-state index contributed by atoms with van der Waals surface area (Å²) in [4.78, 5) is 19.9. The molecule has 0 aliphatic heterocycles. The van der Waals surface area contributed by atoms with E-state index in [4.69, 9.17) is 19.9 Å². The molecule has 0 aliphatic rings. The van der Waals surface area contributed by atoms with Gasteiger partial charge in [-0.2, -0.15) is 0 Å². The molecule has 0 fully saturated rings. The van der Waals surface area contributed by atoms with Crippen LogP contribution in [0.15, 0.2) is 158 Å². The number of hydrogen-bond donors (Lipinski definition) is 0. The zero-order valence-corrected chi connectivity index (χ0v) is 28.2. The number of thiazole rings is 1. The summed E-state index contributed by atoms with van der Waals surface area (Å²) in [7, 11) is 0. The molecule has 10 aromatic rings. The number of benzene rings is 7. The molecule has 6 heteroatoms. The Hall–Kier alpha value is -6.08. The average molecular weight is 675 g/mol. The minimum absolute atomic E-state index is 0.657. The second-order valence-electron chi connectivity index (χ2n) is 12.3. The van der Waals surface area contributed by atoms with Crippen LogP contribution in [0.4, 0.5) is 0 Å². The molecule has 0 N–H and O–H groups in total. The van der Waals surface area contributed by atoms with Gasteiger partial charge in [0.15, 0.2) is 17.5 Å². The number of hydrogen-bond acceptors (Lipinski definition) is 6. The van der Waals surface area contributed by atoms with E-state index in [-0.39, 0.29) is 0 Å². The van der Waals surface area contributed by atoms with Crippen molar-refractivity contribution < 1.29 is 0 Å². The summed E-state index contributed by atoms with van der Waals surface area (Å²) in [6.07, 6.45) is 0. The lowest BCUT2D eigenvalue weighted by molar-refractivity contribution is 1.08. The molecule has 0 atom stereocenters. The zero-order valence-electron chi connectivity index (χ0n) is 26.6. The quantitative estimate of drug-likeness (QED) is 0.182. The van der Waals surface area contributed by atoms with E-state index in [2.05, 4.69) is 91.0 Å². The summed E-state index contributed by atoms with van der Waals surface area (Å²) in [6.45, 7) is 0. The van der Waals surface area contributed by atoms with Crippen LogP contribution < -0.4 is 0 Å². The molecule has 50 heavy (non-hydrogen) atoms. The van der Waals surface area contributed by atoms with Crippen LogP contribution in [0.25, 0.3) is 97.0 Å². The van der Waals surface area contributed by atoms with Gasteiger partial charge in [0.25, 0.3) is 0 Å². The smallest absolute Gasteiger partial charge is 0.164 e. The first-order valence-corrected chi connectivity index (χ1v) is 18.1. The minimum atomic E-state index is 0.657. The van der Waals surface area contributed by atoms with Gasteiger partial charge in [0.2, 0.25) is 0 Å². The van der Waals surface area contributed by atoms with Crippen LogP contribution in [0.2, 0.25) is 0 Å². The summed E-state index contributed by atoms with van der Waals surface area (Å²) in [5, 5.41) is 5.85. The summed E-state index contributed by atoms with van der Waals surface area (Å²) in [5.41, 5.74) is 7.51. The fraction of sp³-hybridized carbons (Fsp3) is 0. The van der Waals surface area contributed by atoms with Gasteiger partial charge in [0, 0.05) is 42.4 Å². The number of rotatable bonds is 5. The molecule has 0 unspecified atom stereocenters. The highest BCUT2D eigenvalue weighted by Crippen LogP contribution is 2.44. The SMILES string of the molecule is c1ccc(-c2nc(-c3ccccc3)nc(-c3cccc4cc(-c5cccc6sc7cc8nc(-c9ccccc9)sc8cc7c56)ccc34)n2)cc1. The van der Waals surface area contributed by atoms with Crippen LogP contribution in [0, 0.1) is 0 Å². The van der Waals surface area contributed by atoms with Crippen LogP contribution >= 0.6 is 22.7 Å². The van der Waals surface area contributed by atoms with Gasteiger partial charge in [-0.05, 0) is 46.2 Å². The van der Waals surface area contributed by atoms with E-state index in [0.717, 1.165) is 43.6 Å². The Morgan fingerprint density at radius 2 is 1.00 bits per heavy atom. The maximum Gasteiger partial charge on any atom is 0.164 e. The topological polar surface area (TPSA) is 51.6 Å². The van der Waals surface area contributed by atoms with Crippen LogP contribution in [-0.2, 0) is 0 Å². The molecule has 0 saturated carbocycles. The monoisotopic (exact) mass is 674 g/mol. The molecule has 10 rings (SSSR count). The summed E-state index contributed by atoms with van der Waals surface area (Å²) < 4.78 is 3.74. The van der Waals surface area contributed by atoms with Crippen LogP contribution in [0.1, 0.15) is 0 Å². The largest absolute Gasteiger partial charge is 0.236 e. The highest BCUT2D eigenvalue weighted by Gasteiger charge is 2.17. The lowest BCUT2D eigenvalue weighted by Gasteiger charge is -2.12. The van der Waals surface area contributed by atoms with Crippen molar-refractivity contribution >= 4 is 63.8 Å². The van der Waals surface area contributed by atoms with E-state index < -0.39 is 0 Å². The van der Waals surface area contributed by atoms with Gasteiger partial charge < -0.3 is 0 Å². The molecular formula is C44H26N4S2. The van der Waals surface area contributed by atoms with Crippen molar-refractivity contribution in [3.05, 3.63) is 158 Å². The Bertz CT molecular complexity index is 2800. The third-order valence-electron chi connectivity index (χ3n) is 9.16. The first-order chi connectivity index (χ1) is 24.7. The number of nitrogens with zero attached hydrogens (tertiary/aromatic N) is 4. The molecule has 0 amide bonds. The molecule has 3 heterocycles. The molecule has 7 aromatic carbocycles. The lowest BCUT2D eigenvalue weighted by atomic mass is 9.95. The molecule has 0 spiro atoms. The fourth-order valence-electron chi connectivity index (χ4n) is 6.77. The Balaban J connectivity index is 1.11. The Morgan fingerprint density at radius 3 is 1.72 bits per heavy atom. The van der Waals surface area contributed by atoms with Gasteiger partial charge >= 0.3 is 0 Å². The highest BCUT2D eigenvalue weighted by atomic mass is 32.1. The van der Waals surface area contributed by atoms with Gasteiger partial charge in [0.1, 0.15) is 5.01 Å². The Labute approximate surface area is 296 Å². The number of aromatic nitrogens is 4. The fourth-order valence-corrected chi connectivity index (χ4v) is 8.91. The van der Waals surface area contributed by atoms with E-state index in [1.165, 1.54) is 36.0 Å². The van der Waals surface area contributed by atoms with Crippen molar-refractivity contribution in [2.45, 2.75) is 0 Å². The molecule has 3 aromatic heterocycles. The van der Waals surface area contributed by atoms with Gasteiger partial charge in [-0.1, -0.05) is 133 Å². The maximum absolute atomic E-state index is 5.02. The zero-order chi connectivity index (χ0) is 33.0. The number of thiophene rings is 1. The normalized spacial score (nSPS) is 11.6. The van der Waals surface area contributed by atoms with Crippen molar-refractivity contribution in [2.75, 3.05) is 0 Å². The van der Waals surface area contributed by atoms with Gasteiger partial charge in [-0.25, -0.2) is 19.9 Å². The summed E-state index contributed by atoms with van der Waals surface area (Å²) in [6, 6.07) is 55.1. The van der Waals surface area contributed by atoms with Gasteiger partial charge in [0.05, 0.1) is 10.2 Å². The van der Waals surface area contributed by atoms with Crippen molar-refractivity contribution in [3.8, 4) is 55.9 Å². The molecule has 0 radical (unpaired) electrons. The van der Waals surface area contributed by atoms with Crippen LogP contribution in [-0.4, -0.2) is 19.9 Å². The van der Waals surface area contributed by atoms with E-state index in [1.54, 1.807) is 11.3 Å². The second-order valence-corrected chi connectivity index (χ2v) is 14.4. The van der Waals surface area contributed by atoms with Gasteiger partial charge in [-0.15, -0.1) is 22.7 Å². The van der Waals surface area contributed by atoms with Gasteiger partial charge in [-0.3, -0.25) is 0 Å². The van der Waals surface area contributed by atoms with Crippen molar-refractivity contribution in [1.82, 2.24) is 19.9 Å². The first-order valence-electron chi connectivity index (χ1n) is 16.5. The molecule has 0 aliphatic carbocycles. The number of fused-ring (bicyclic) bond motifs is 5. The maximum atomic E-state index is 5.02. The predicted octanol–water partition coefficient (Wildman–Crippen LogP) is 12.3. The van der Waals surface area contributed by atoms with E-state index in [1.807, 2.05) is 78.1 Å². The average Bonchev–Trinajstić information content (AvgIpc) is 3.78. The van der Waals surface area contributed by atoms with E-state index in [0.29, 0.717) is 17.5 Å². The molecule has 4 nitrogen and oxygen atoms in total. The second kappa shape index (κ2) is 11.8. The third kappa shape index (κ3) is 4.96. The standard InChI is InChI=1S/C44H26N4S2/c1-4-12-27(13-5-1)41-46-42(28-14-6-2-7-15-28)48-43(47-41)34-20-10-18-30-24-31(22-23-32(30)34)33-19-11-21-37-40(33)35-25-39-36(26-38(35)49-37)45-44(50-39)29-16-8-3-9-17-29/h1-26H. The van der Waals surface area contributed by atoms with Crippen LogP contribution in [0.5, 0.6) is 0 Å².